The van der Waals surface area contributed by atoms with Gasteiger partial charge in [-0.15, -0.1) is 0 Å². The molecule has 1 N–H and O–H groups in total. The molecule has 2 aromatic heterocycles. The summed E-state index contributed by atoms with van der Waals surface area (Å²) in [5, 5.41) is 8.37. The van der Waals surface area contributed by atoms with Crippen LogP contribution < -0.4 is 5.32 Å². The van der Waals surface area contributed by atoms with Gasteiger partial charge in [-0.1, -0.05) is 31.4 Å². The third-order valence-corrected chi connectivity index (χ3v) is 4.86. The van der Waals surface area contributed by atoms with E-state index in [1.807, 2.05) is 6.92 Å². The lowest BCUT2D eigenvalue weighted by molar-refractivity contribution is 0.318. The van der Waals surface area contributed by atoms with Gasteiger partial charge in [-0.05, 0) is 38.5 Å². The minimum atomic E-state index is 0.489. The minimum Gasteiger partial charge on any atom is -0.367 e. The van der Waals surface area contributed by atoms with Crippen LogP contribution >= 0.6 is 11.6 Å². The van der Waals surface area contributed by atoms with Crippen molar-refractivity contribution in [2.45, 2.75) is 58.4 Å². The highest BCUT2D eigenvalue weighted by molar-refractivity contribution is 6.30. The standard InChI is InChI=1S/C15H22ClN5/c1-3-4-11-5-7-12(8-6-11)19-14-10(2)13(16)20-15-17-9-18-21(14)15/h9,11-12,19H,3-8H2,1-2H3. The van der Waals surface area contributed by atoms with E-state index in [9.17, 15) is 0 Å². The monoisotopic (exact) mass is 307 g/mol. The first-order valence-corrected chi connectivity index (χ1v) is 8.19. The van der Waals surface area contributed by atoms with Crippen molar-refractivity contribution in [3.05, 3.63) is 17.0 Å². The molecule has 0 spiro atoms. The lowest BCUT2D eigenvalue weighted by Gasteiger charge is -2.30. The number of hydrogen-bond acceptors (Lipinski definition) is 4. The van der Waals surface area contributed by atoms with Crippen LogP contribution in [0.25, 0.3) is 5.78 Å². The van der Waals surface area contributed by atoms with E-state index in [-0.39, 0.29) is 0 Å². The van der Waals surface area contributed by atoms with Gasteiger partial charge < -0.3 is 5.32 Å². The zero-order valence-corrected chi connectivity index (χ0v) is 13.4. The second-order valence-electron chi connectivity index (χ2n) is 6.00. The summed E-state index contributed by atoms with van der Waals surface area (Å²) >= 11 is 6.20. The zero-order chi connectivity index (χ0) is 14.8. The molecule has 2 aromatic rings. The molecule has 0 atom stereocenters. The van der Waals surface area contributed by atoms with E-state index >= 15 is 0 Å². The van der Waals surface area contributed by atoms with Crippen molar-refractivity contribution in [1.82, 2.24) is 19.6 Å². The fraction of sp³-hybridized carbons (Fsp3) is 0.667. The average molecular weight is 308 g/mol. The highest BCUT2D eigenvalue weighted by Gasteiger charge is 2.22. The second kappa shape index (κ2) is 6.18. The molecule has 114 valence electrons. The predicted molar refractivity (Wildman–Crippen MR) is 84.8 cm³/mol. The highest BCUT2D eigenvalue weighted by atomic mass is 35.5. The van der Waals surface area contributed by atoms with Gasteiger partial charge in [0.2, 0.25) is 0 Å². The van der Waals surface area contributed by atoms with Gasteiger partial charge in [0.05, 0.1) is 0 Å². The number of aromatic nitrogens is 4. The van der Waals surface area contributed by atoms with Crippen molar-refractivity contribution in [3.63, 3.8) is 0 Å². The number of anilines is 1. The fourth-order valence-corrected chi connectivity index (χ4v) is 3.43. The summed E-state index contributed by atoms with van der Waals surface area (Å²) in [6.07, 6.45) is 9.21. The van der Waals surface area contributed by atoms with Gasteiger partial charge >= 0.3 is 0 Å². The third-order valence-electron chi connectivity index (χ3n) is 4.49. The SMILES string of the molecule is CCCC1CCC(Nc2c(C)c(Cl)nc3ncnn23)CC1. The van der Waals surface area contributed by atoms with Crippen LogP contribution in [0.5, 0.6) is 0 Å². The first kappa shape index (κ1) is 14.6. The Morgan fingerprint density at radius 2 is 2.10 bits per heavy atom. The summed E-state index contributed by atoms with van der Waals surface area (Å²) in [6.45, 7) is 4.25. The molecule has 3 rings (SSSR count). The maximum absolute atomic E-state index is 6.20. The molecule has 0 bridgehead atoms. The van der Waals surface area contributed by atoms with Crippen molar-refractivity contribution in [3.8, 4) is 0 Å². The van der Waals surface area contributed by atoms with Gasteiger partial charge in [0.1, 0.15) is 17.3 Å². The smallest absolute Gasteiger partial charge is 0.255 e. The van der Waals surface area contributed by atoms with Crippen LogP contribution in [0.4, 0.5) is 5.82 Å². The first-order valence-electron chi connectivity index (χ1n) is 7.81. The lowest BCUT2D eigenvalue weighted by atomic mass is 9.83. The molecule has 6 heteroatoms. The maximum atomic E-state index is 6.20. The molecule has 21 heavy (non-hydrogen) atoms. The maximum Gasteiger partial charge on any atom is 0.255 e. The number of rotatable bonds is 4. The Hall–Kier alpha value is -1.36. The Bertz CT molecular complexity index is 616. The fourth-order valence-electron chi connectivity index (χ4n) is 3.26. The molecule has 1 aliphatic carbocycles. The first-order chi connectivity index (χ1) is 10.2. The van der Waals surface area contributed by atoms with E-state index in [0.717, 1.165) is 17.3 Å². The third kappa shape index (κ3) is 2.98. The van der Waals surface area contributed by atoms with Crippen LogP contribution in [0.2, 0.25) is 5.15 Å². The van der Waals surface area contributed by atoms with E-state index in [1.54, 1.807) is 4.52 Å². The van der Waals surface area contributed by atoms with Crippen molar-refractivity contribution >= 4 is 23.2 Å². The zero-order valence-electron chi connectivity index (χ0n) is 12.6. The molecule has 0 radical (unpaired) electrons. The Balaban J connectivity index is 1.76. The predicted octanol–water partition coefficient (Wildman–Crippen LogP) is 3.86. The molecule has 1 saturated carbocycles. The Labute approximate surface area is 130 Å². The molecule has 0 aliphatic heterocycles. The molecule has 0 amide bonds. The molecule has 1 fully saturated rings. The van der Waals surface area contributed by atoms with Crippen molar-refractivity contribution in [2.75, 3.05) is 5.32 Å². The number of hydrogen-bond donors (Lipinski definition) is 1. The van der Waals surface area contributed by atoms with E-state index in [1.165, 1.54) is 44.9 Å². The molecule has 5 nitrogen and oxygen atoms in total. The largest absolute Gasteiger partial charge is 0.367 e. The van der Waals surface area contributed by atoms with E-state index in [0.29, 0.717) is 17.0 Å². The summed E-state index contributed by atoms with van der Waals surface area (Å²) in [7, 11) is 0. The van der Waals surface area contributed by atoms with E-state index in [4.69, 9.17) is 11.6 Å². The molecule has 0 aromatic carbocycles. The molecular formula is C15H22ClN5. The van der Waals surface area contributed by atoms with Crippen LogP contribution in [-0.2, 0) is 0 Å². The van der Waals surface area contributed by atoms with Gasteiger partial charge in [-0.3, -0.25) is 0 Å². The Kier molecular flexibility index (Phi) is 4.29. The van der Waals surface area contributed by atoms with Crippen LogP contribution in [0, 0.1) is 12.8 Å². The van der Waals surface area contributed by atoms with E-state index < -0.39 is 0 Å². The molecule has 0 unspecified atom stereocenters. The van der Waals surface area contributed by atoms with Crippen molar-refractivity contribution < 1.29 is 0 Å². The van der Waals surface area contributed by atoms with Crippen LogP contribution in [0.3, 0.4) is 0 Å². The van der Waals surface area contributed by atoms with Gasteiger partial charge in [0.25, 0.3) is 5.78 Å². The number of nitrogens with zero attached hydrogens (tertiary/aromatic N) is 4. The van der Waals surface area contributed by atoms with Crippen molar-refractivity contribution in [2.24, 2.45) is 5.92 Å². The normalized spacial score (nSPS) is 22.6. The average Bonchev–Trinajstić information content (AvgIpc) is 2.94. The van der Waals surface area contributed by atoms with Gasteiger partial charge in [-0.2, -0.15) is 19.6 Å². The lowest BCUT2D eigenvalue weighted by Crippen LogP contribution is -2.27. The highest BCUT2D eigenvalue weighted by Crippen LogP contribution is 2.31. The van der Waals surface area contributed by atoms with Gasteiger partial charge in [0, 0.05) is 11.6 Å². The summed E-state index contributed by atoms with van der Waals surface area (Å²) in [5.41, 5.74) is 0.936. The van der Waals surface area contributed by atoms with Crippen LogP contribution in [-0.4, -0.2) is 25.6 Å². The number of halogens is 1. The minimum absolute atomic E-state index is 0.489. The Morgan fingerprint density at radius 1 is 1.33 bits per heavy atom. The number of fused-ring (bicyclic) bond motifs is 1. The topological polar surface area (TPSA) is 55.1 Å². The van der Waals surface area contributed by atoms with Gasteiger partial charge in [-0.25, -0.2) is 0 Å². The summed E-state index contributed by atoms with van der Waals surface area (Å²) in [4.78, 5) is 8.37. The van der Waals surface area contributed by atoms with Crippen LogP contribution in [0.1, 0.15) is 51.0 Å². The summed E-state index contributed by atoms with van der Waals surface area (Å²) < 4.78 is 1.75. The Morgan fingerprint density at radius 3 is 2.81 bits per heavy atom. The summed E-state index contributed by atoms with van der Waals surface area (Å²) in [6, 6.07) is 0.489. The number of nitrogens with one attached hydrogen (secondary N) is 1. The quantitative estimate of drug-likeness (QED) is 0.872. The van der Waals surface area contributed by atoms with Crippen LogP contribution in [0.15, 0.2) is 6.33 Å². The van der Waals surface area contributed by atoms with E-state index in [2.05, 4.69) is 27.3 Å². The van der Waals surface area contributed by atoms with Gasteiger partial charge in [0.15, 0.2) is 0 Å². The molecule has 2 heterocycles. The second-order valence-corrected chi connectivity index (χ2v) is 6.36. The molecule has 0 saturated heterocycles. The molecule has 1 aliphatic rings. The summed E-state index contributed by atoms with van der Waals surface area (Å²) in [5.74, 6) is 2.38. The van der Waals surface area contributed by atoms with Crippen molar-refractivity contribution in [1.29, 1.82) is 0 Å². The molecular weight excluding hydrogens is 286 g/mol.